The number of carboxylic acids is 1. The maximum atomic E-state index is 13.2. The van der Waals surface area contributed by atoms with Crippen molar-refractivity contribution in [1.82, 2.24) is 16.0 Å². The fraction of sp³-hybridized carbons (Fsp3) is 0.522. The van der Waals surface area contributed by atoms with Crippen molar-refractivity contribution in [2.24, 2.45) is 10.9 Å². The number of nitrogens with zero attached hydrogens (tertiary/aromatic N) is 1. The Balaban J connectivity index is 2.76. The van der Waals surface area contributed by atoms with Gasteiger partial charge in [-0.15, -0.1) is 0 Å². The van der Waals surface area contributed by atoms with E-state index in [0.29, 0.717) is 0 Å². The molecule has 1 aliphatic heterocycles. The van der Waals surface area contributed by atoms with Gasteiger partial charge in [0.15, 0.2) is 22.8 Å². The van der Waals surface area contributed by atoms with Crippen molar-refractivity contribution in [3.05, 3.63) is 23.8 Å². The molecule has 1 heterocycles. The largest absolute Gasteiger partial charge is 0.504 e. The predicted octanol–water partition coefficient (Wildman–Crippen LogP) is -0.116. The van der Waals surface area contributed by atoms with Crippen LogP contribution in [-0.2, 0) is 19.2 Å². The average molecular weight is 493 g/mol. The second kappa shape index (κ2) is 11.3. The minimum absolute atomic E-state index is 0.0870. The van der Waals surface area contributed by atoms with Crippen LogP contribution in [-0.4, -0.2) is 76.0 Å². The van der Waals surface area contributed by atoms with Crippen LogP contribution in [0.1, 0.15) is 45.8 Å². The lowest BCUT2D eigenvalue weighted by molar-refractivity contribution is -0.137. The van der Waals surface area contributed by atoms with Crippen LogP contribution in [0, 0.1) is 5.92 Å². The Bertz CT molecular complexity index is 1020. The number of phenols is 1. The van der Waals surface area contributed by atoms with Gasteiger partial charge in [0, 0.05) is 0 Å². The molecule has 6 N–H and O–H groups in total. The van der Waals surface area contributed by atoms with Crippen LogP contribution in [0.2, 0.25) is 0 Å². The summed E-state index contributed by atoms with van der Waals surface area (Å²) >= 11 is 0. The number of hydrogen-bond acceptors (Lipinski definition) is 8. The van der Waals surface area contributed by atoms with E-state index in [0.717, 1.165) is 0 Å². The van der Waals surface area contributed by atoms with E-state index in [1.807, 2.05) is 0 Å². The molecule has 0 spiro atoms. The van der Waals surface area contributed by atoms with E-state index in [1.54, 1.807) is 20.8 Å². The number of carbonyl (C=O) groups excluding carboxylic acids is 3. The summed E-state index contributed by atoms with van der Waals surface area (Å²) in [7, 11) is 1.47. The standard InChI is InChI=1S/C23H32N4O8/c1-6-23(4)19(22(34)25-10-15(29)30)27-20(32)16(11(2)3)26-21(33)17(24-5)18(31)12-7-8-13(28)14(9-12)35-23/h7-9,11,16-18,24,28,31H,6,10H2,1-5H3,(H,25,34)(H,26,33)(H,29,30)/t16-,17-,18+,23+/m0/s1. The maximum absolute atomic E-state index is 13.2. The number of nitrogens with one attached hydrogen (secondary N) is 3. The van der Waals surface area contributed by atoms with Crippen LogP contribution in [0.25, 0.3) is 0 Å². The Hall–Kier alpha value is -3.51. The molecule has 12 heteroatoms. The summed E-state index contributed by atoms with van der Waals surface area (Å²) in [6, 6.07) is 1.66. The van der Waals surface area contributed by atoms with Gasteiger partial charge in [0.1, 0.15) is 24.7 Å². The molecule has 0 saturated heterocycles. The molecule has 3 amide bonds. The van der Waals surface area contributed by atoms with Crippen molar-refractivity contribution < 1.29 is 39.2 Å². The summed E-state index contributed by atoms with van der Waals surface area (Å²) < 4.78 is 5.99. The third-order valence-electron chi connectivity index (χ3n) is 5.81. The predicted molar refractivity (Wildman–Crippen MR) is 125 cm³/mol. The first-order valence-electron chi connectivity index (χ1n) is 11.1. The van der Waals surface area contributed by atoms with Gasteiger partial charge in [-0.2, -0.15) is 0 Å². The zero-order chi connectivity index (χ0) is 26.5. The Morgan fingerprint density at radius 1 is 1.29 bits per heavy atom. The Kier molecular flexibility index (Phi) is 8.94. The van der Waals surface area contributed by atoms with Crippen molar-refractivity contribution in [3.63, 3.8) is 0 Å². The first kappa shape index (κ1) is 27.7. The van der Waals surface area contributed by atoms with Crippen LogP contribution in [0.3, 0.4) is 0 Å². The topological polar surface area (TPSA) is 187 Å². The number of phenolic OH excluding ortho intramolecular Hbond substituents is 1. The lowest BCUT2D eigenvalue weighted by Crippen LogP contribution is -2.54. The van der Waals surface area contributed by atoms with Crippen LogP contribution >= 0.6 is 0 Å². The minimum Gasteiger partial charge on any atom is -0.504 e. The molecule has 0 saturated carbocycles. The number of ether oxygens (including phenoxy) is 1. The molecule has 12 nitrogen and oxygen atoms in total. The van der Waals surface area contributed by atoms with Crippen LogP contribution in [0.15, 0.2) is 23.2 Å². The number of rotatable bonds is 6. The molecule has 2 rings (SSSR count). The molecule has 4 atom stereocenters. The van der Waals surface area contributed by atoms with Gasteiger partial charge in [0.2, 0.25) is 5.91 Å². The summed E-state index contributed by atoms with van der Waals surface area (Å²) in [6.45, 7) is 5.72. The van der Waals surface area contributed by atoms with Crippen molar-refractivity contribution in [2.45, 2.75) is 57.9 Å². The van der Waals surface area contributed by atoms with Crippen LogP contribution < -0.4 is 20.7 Å². The number of likely N-dealkylation sites (N-methyl/N-ethyl adjacent to an activating group) is 1. The van der Waals surface area contributed by atoms with Crippen LogP contribution in [0.5, 0.6) is 11.5 Å². The van der Waals surface area contributed by atoms with E-state index < -0.39 is 65.7 Å². The SMILES string of the molecule is CC[C@@]1(C)Oc2cc(ccc2O)[C@@H](O)[C@H](NC)C(=O)N[C@@H](C(C)C)C(=O)N=C1C(=O)NCC(=O)O. The molecule has 1 aliphatic rings. The van der Waals surface area contributed by atoms with Crippen molar-refractivity contribution in [3.8, 4) is 11.5 Å². The van der Waals surface area contributed by atoms with Crippen molar-refractivity contribution in [2.75, 3.05) is 13.6 Å². The third kappa shape index (κ3) is 6.34. The summed E-state index contributed by atoms with van der Waals surface area (Å²) in [5.74, 6) is -4.72. The second-order valence-electron chi connectivity index (χ2n) is 8.73. The maximum Gasteiger partial charge on any atom is 0.322 e. The molecular formula is C23H32N4O8. The van der Waals surface area contributed by atoms with Gasteiger partial charge in [0.25, 0.3) is 11.8 Å². The highest BCUT2D eigenvalue weighted by Crippen LogP contribution is 2.35. The van der Waals surface area contributed by atoms with Crippen molar-refractivity contribution >= 4 is 29.4 Å². The molecule has 1 aromatic carbocycles. The van der Waals surface area contributed by atoms with Crippen molar-refractivity contribution in [1.29, 1.82) is 0 Å². The molecule has 0 unspecified atom stereocenters. The van der Waals surface area contributed by atoms with E-state index in [9.17, 15) is 29.4 Å². The summed E-state index contributed by atoms with van der Waals surface area (Å²) in [5, 5.41) is 37.7. The first-order valence-corrected chi connectivity index (χ1v) is 11.1. The lowest BCUT2D eigenvalue weighted by atomic mass is 9.94. The summed E-state index contributed by atoms with van der Waals surface area (Å²) in [5.41, 5.74) is -1.80. The number of carbonyl (C=O) groups is 4. The van der Waals surface area contributed by atoms with E-state index in [1.165, 1.54) is 32.2 Å². The molecule has 1 aromatic rings. The van der Waals surface area contributed by atoms with Crippen LogP contribution in [0.4, 0.5) is 0 Å². The number of benzene rings is 1. The van der Waals surface area contributed by atoms with E-state index in [4.69, 9.17) is 9.84 Å². The number of amides is 3. The minimum atomic E-state index is -1.60. The monoisotopic (exact) mass is 492 g/mol. The molecule has 0 aliphatic carbocycles. The van der Waals surface area contributed by atoms with Gasteiger partial charge >= 0.3 is 5.97 Å². The quantitative estimate of drug-likeness (QED) is 0.315. The third-order valence-corrected chi connectivity index (χ3v) is 5.81. The number of fused-ring (bicyclic) bond motifs is 2. The number of carboxylic acid groups (broad SMARTS) is 1. The second-order valence-corrected chi connectivity index (χ2v) is 8.73. The molecule has 192 valence electrons. The first-order chi connectivity index (χ1) is 16.3. The summed E-state index contributed by atoms with van der Waals surface area (Å²) in [6.07, 6.45) is -1.29. The molecular weight excluding hydrogens is 460 g/mol. The Morgan fingerprint density at radius 2 is 1.94 bits per heavy atom. The molecule has 35 heavy (non-hydrogen) atoms. The number of aliphatic imine (C=N–C) groups is 1. The number of hydrogen-bond donors (Lipinski definition) is 6. The normalized spacial score (nSPS) is 25.3. The average Bonchev–Trinajstić information content (AvgIpc) is 2.80. The van der Waals surface area contributed by atoms with Gasteiger partial charge in [-0.1, -0.05) is 26.8 Å². The van der Waals surface area contributed by atoms with Gasteiger partial charge in [0.05, 0.1) is 0 Å². The highest BCUT2D eigenvalue weighted by molar-refractivity contribution is 6.43. The molecule has 0 radical (unpaired) electrons. The highest BCUT2D eigenvalue weighted by atomic mass is 16.5. The van der Waals surface area contributed by atoms with Gasteiger partial charge in [-0.25, -0.2) is 4.99 Å². The Morgan fingerprint density at radius 3 is 2.49 bits per heavy atom. The van der Waals surface area contributed by atoms with E-state index >= 15 is 0 Å². The van der Waals surface area contributed by atoms with E-state index in [2.05, 4.69) is 20.9 Å². The number of aliphatic hydroxyl groups is 1. The molecule has 0 aromatic heterocycles. The fourth-order valence-corrected chi connectivity index (χ4v) is 3.54. The number of aliphatic hydroxyl groups excluding tert-OH is 1. The Labute approximate surface area is 202 Å². The highest BCUT2D eigenvalue weighted by Gasteiger charge is 2.40. The summed E-state index contributed by atoms with van der Waals surface area (Å²) in [4.78, 5) is 54.2. The fourth-order valence-electron chi connectivity index (χ4n) is 3.54. The smallest absolute Gasteiger partial charge is 0.322 e. The molecule has 0 fully saturated rings. The zero-order valence-corrected chi connectivity index (χ0v) is 20.3. The number of aromatic hydroxyl groups is 1. The number of aliphatic carboxylic acids is 1. The molecule has 2 bridgehead atoms. The van der Waals surface area contributed by atoms with Gasteiger partial charge in [-0.05, 0) is 44.0 Å². The zero-order valence-electron chi connectivity index (χ0n) is 20.3. The lowest BCUT2D eigenvalue weighted by Gasteiger charge is -2.31. The van der Waals surface area contributed by atoms with E-state index in [-0.39, 0.29) is 23.5 Å². The van der Waals surface area contributed by atoms with Gasteiger partial charge < -0.3 is 36.0 Å². The van der Waals surface area contributed by atoms with Gasteiger partial charge in [-0.3, -0.25) is 19.2 Å².